The van der Waals surface area contributed by atoms with E-state index in [1.807, 2.05) is 0 Å². The summed E-state index contributed by atoms with van der Waals surface area (Å²) in [5.74, 6) is -0.0478. The second-order valence-corrected chi connectivity index (χ2v) is 18.6. The Bertz CT molecular complexity index is 893. The molecule has 0 spiro atoms. The number of allylic oxidation sites excluding steroid dienone is 2. The van der Waals surface area contributed by atoms with Gasteiger partial charge >= 0.3 is 5.97 Å². The van der Waals surface area contributed by atoms with Gasteiger partial charge in [-0.15, -0.1) is 0 Å². The number of rotatable bonds is 50. The number of aliphatic hydroxyl groups is 2. The minimum Gasteiger partial charge on any atom is -0.466 e. The van der Waals surface area contributed by atoms with E-state index in [-0.39, 0.29) is 18.5 Å². The van der Waals surface area contributed by atoms with E-state index in [0.717, 1.165) is 44.9 Å². The molecule has 6 nitrogen and oxygen atoms in total. The smallest absolute Gasteiger partial charge is 0.305 e. The fraction of sp³-hybridized carbons (Fsp3) is 0.926. The molecule has 3 N–H and O–H groups in total. The molecule has 0 aliphatic carbocycles. The second-order valence-electron chi connectivity index (χ2n) is 18.6. The van der Waals surface area contributed by atoms with E-state index >= 15 is 0 Å². The number of ether oxygens (including phenoxy) is 1. The summed E-state index contributed by atoms with van der Waals surface area (Å²) >= 11 is 0. The topological polar surface area (TPSA) is 95.9 Å². The van der Waals surface area contributed by atoms with Gasteiger partial charge in [-0.2, -0.15) is 0 Å². The van der Waals surface area contributed by atoms with E-state index < -0.39 is 12.1 Å². The zero-order valence-electron chi connectivity index (χ0n) is 40.5. The maximum Gasteiger partial charge on any atom is 0.305 e. The van der Waals surface area contributed by atoms with Crippen molar-refractivity contribution < 1.29 is 24.5 Å². The molecule has 356 valence electrons. The first kappa shape index (κ1) is 58.6. The molecule has 2 atom stereocenters. The molecule has 6 heteroatoms. The van der Waals surface area contributed by atoms with Crippen LogP contribution in [0.25, 0.3) is 0 Å². The summed E-state index contributed by atoms with van der Waals surface area (Å²) in [5, 5.41) is 23.3. The van der Waals surface area contributed by atoms with Gasteiger partial charge in [-0.25, -0.2) is 0 Å². The molecule has 0 rings (SSSR count). The molecule has 0 aromatic rings. The summed E-state index contributed by atoms with van der Waals surface area (Å²) < 4.78 is 5.45. The molecule has 60 heavy (non-hydrogen) atoms. The number of carbonyl (C=O) groups excluding carboxylic acids is 2. The predicted octanol–water partition coefficient (Wildman–Crippen LogP) is 16.1. The van der Waals surface area contributed by atoms with Crippen LogP contribution in [0.5, 0.6) is 0 Å². The highest BCUT2D eigenvalue weighted by molar-refractivity contribution is 5.76. The van der Waals surface area contributed by atoms with Gasteiger partial charge in [0.1, 0.15) is 0 Å². The molecule has 1 amide bonds. The van der Waals surface area contributed by atoms with Crippen LogP contribution in [0.15, 0.2) is 12.2 Å². The first-order chi connectivity index (χ1) is 29.5. The monoisotopic (exact) mass is 848 g/mol. The molecule has 2 unspecified atom stereocenters. The number of esters is 1. The normalized spacial score (nSPS) is 12.7. The Morgan fingerprint density at radius 3 is 1.23 bits per heavy atom. The number of nitrogens with one attached hydrogen (secondary N) is 1. The van der Waals surface area contributed by atoms with Crippen molar-refractivity contribution >= 4 is 11.9 Å². The van der Waals surface area contributed by atoms with Crippen LogP contribution in [0.4, 0.5) is 0 Å². The number of aliphatic hydroxyl groups excluding tert-OH is 2. The van der Waals surface area contributed by atoms with E-state index in [9.17, 15) is 19.8 Å². The third-order valence-corrected chi connectivity index (χ3v) is 12.6. The number of unbranched alkanes of at least 4 members (excludes halogenated alkanes) is 37. The average Bonchev–Trinajstić information content (AvgIpc) is 3.25. The van der Waals surface area contributed by atoms with Gasteiger partial charge in [0.2, 0.25) is 5.91 Å². The van der Waals surface area contributed by atoms with Crippen LogP contribution in [0, 0.1) is 0 Å². The van der Waals surface area contributed by atoms with Crippen LogP contribution >= 0.6 is 0 Å². The van der Waals surface area contributed by atoms with Crippen molar-refractivity contribution in [3.63, 3.8) is 0 Å². The average molecular weight is 848 g/mol. The fourth-order valence-electron chi connectivity index (χ4n) is 8.39. The van der Waals surface area contributed by atoms with Crippen LogP contribution in [-0.2, 0) is 14.3 Å². The highest BCUT2D eigenvalue weighted by atomic mass is 16.5. The SMILES string of the molecule is CCCC/C=C\CCCCCCCC(=O)OCCCCCCCCCCCCCCCCCCC(=O)NC(CO)C(O)CCCCCCCCCCCCCCCCCC. The number of amides is 1. The van der Waals surface area contributed by atoms with Crippen LogP contribution in [0.1, 0.15) is 296 Å². The van der Waals surface area contributed by atoms with Gasteiger partial charge < -0.3 is 20.3 Å². The zero-order valence-corrected chi connectivity index (χ0v) is 40.5. The minimum atomic E-state index is -0.668. The van der Waals surface area contributed by atoms with Crippen LogP contribution in [0.3, 0.4) is 0 Å². The lowest BCUT2D eigenvalue weighted by atomic mass is 10.0. The van der Waals surface area contributed by atoms with E-state index in [1.165, 1.54) is 218 Å². The zero-order chi connectivity index (χ0) is 43.7. The van der Waals surface area contributed by atoms with Crippen LogP contribution in [-0.4, -0.2) is 47.4 Å². The standard InChI is InChI=1S/C54H105NO5/c1-3-5-7-9-11-13-15-16-17-20-23-27-30-34-38-42-46-52(57)51(50-56)55-53(58)47-43-39-35-31-28-24-21-18-19-22-25-29-33-37-41-45-49-60-54(59)48-44-40-36-32-26-14-12-10-8-6-4-2/h10,12,51-52,56-57H,3-9,11,13-50H2,1-2H3,(H,55,58)/b12-10-. The third kappa shape index (κ3) is 46.1. The lowest BCUT2D eigenvalue weighted by Crippen LogP contribution is -2.45. The molecule has 0 radical (unpaired) electrons. The third-order valence-electron chi connectivity index (χ3n) is 12.6. The van der Waals surface area contributed by atoms with Crippen LogP contribution < -0.4 is 5.32 Å². The molecule has 0 fully saturated rings. The van der Waals surface area contributed by atoms with E-state index in [2.05, 4.69) is 31.3 Å². The Morgan fingerprint density at radius 1 is 0.450 bits per heavy atom. The number of carbonyl (C=O) groups is 2. The maximum atomic E-state index is 12.5. The summed E-state index contributed by atoms with van der Waals surface area (Å²) in [7, 11) is 0. The molecule has 0 aliphatic heterocycles. The second kappa shape index (κ2) is 50.2. The Balaban J connectivity index is 3.43. The Morgan fingerprint density at radius 2 is 0.800 bits per heavy atom. The maximum absolute atomic E-state index is 12.5. The van der Waals surface area contributed by atoms with Crippen molar-refractivity contribution in [2.24, 2.45) is 0 Å². The van der Waals surface area contributed by atoms with Crippen molar-refractivity contribution in [1.82, 2.24) is 5.32 Å². The van der Waals surface area contributed by atoms with Crippen LogP contribution in [0.2, 0.25) is 0 Å². The fourth-order valence-corrected chi connectivity index (χ4v) is 8.39. The van der Waals surface area contributed by atoms with E-state index in [4.69, 9.17) is 4.74 Å². The predicted molar refractivity (Wildman–Crippen MR) is 260 cm³/mol. The summed E-state index contributed by atoms with van der Waals surface area (Å²) in [6.45, 7) is 4.91. The molecule has 0 bridgehead atoms. The molecule has 0 saturated carbocycles. The summed E-state index contributed by atoms with van der Waals surface area (Å²) in [6.07, 6.45) is 57.5. The van der Waals surface area contributed by atoms with Crippen molar-refractivity contribution in [2.75, 3.05) is 13.2 Å². The highest BCUT2D eigenvalue weighted by Crippen LogP contribution is 2.17. The van der Waals surface area contributed by atoms with Gasteiger partial charge in [-0.1, -0.05) is 251 Å². The van der Waals surface area contributed by atoms with Gasteiger partial charge in [0.05, 0.1) is 25.4 Å². The van der Waals surface area contributed by atoms with Gasteiger partial charge in [0.15, 0.2) is 0 Å². The first-order valence-electron chi connectivity index (χ1n) is 26.9. The summed E-state index contributed by atoms with van der Waals surface area (Å²) in [6, 6.07) is -0.546. The highest BCUT2D eigenvalue weighted by Gasteiger charge is 2.20. The lowest BCUT2D eigenvalue weighted by Gasteiger charge is -2.22. The molecule has 0 saturated heterocycles. The summed E-state index contributed by atoms with van der Waals surface area (Å²) in [5.41, 5.74) is 0. The number of hydrogen-bond donors (Lipinski definition) is 3. The van der Waals surface area contributed by atoms with Crippen molar-refractivity contribution in [2.45, 2.75) is 309 Å². The van der Waals surface area contributed by atoms with Crippen molar-refractivity contribution in [3.8, 4) is 0 Å². The van der Waals surface area contributed by atoms with Gasteiger partial charge in [-0.05, 0) is 44.9 Å². The molecular formula is C54H105NO5. The van der Waals surface area contributed by atoms with Crippen molar-refractivity contribution in [1.29, 1.82) is 0 Å². The summed E-state index contributed by atoms with van der Waals surface area (Å²) in [4.78, 5) is 24.4. The van der Waals surface area contributed by atoms with Gasteiger partial charge in [0.25, 0.3) is 0 Å². The minimum absolute atomic E-state index is 0.00754. The Kier molecular flexibility index (Phi) is 49.1. The molecule has 0 aromatic carbocycles. The Labute approximate surface area is 374 Å². The van der Waals surface area contributed by atoms with E-state index in [1.54, 1.807) is 0 Å². The molecule has 0 heterocycles. The largest absolute Gasteiger partial charge is 0.466 e. The van der Waals surface area contributed by atoms with Crippen molar-refractivity contribution in [3.05, 3.63) is 12.2 Å². The molecule has 0 aromatic heterocycles. The van der Waals surface area contributed by atoms with E-state index in [0.29, 0.717) is 25.9 Å². The molecular weight excluding hydrogens is 743 g/mol. The first-order valence-corrected chi connectivity index (χ1v) is 26.9. The lowest BCUT2D eigenvalue weighted by molar-refractivity contribution is -0.143. The Hall–Kier alpha value is -1.40. The molecule has 0 aliphatic rings. The number of hydrogen-bond acceptors (Lipinski definition) is 5. The van der Waals surface area contributed by atoms with Gasteiger partial charge in [-0.3, -0.25) is 9.59 Å². The quantitative estimate of drug-likeness (QED) is 0.0322. The van der Waals surface area contributed by atoms with Gasteiger partial charge in [0, 0.05) is 12.8 Å².